The third-order valence-corrected chi connectivity index (χ3v) is 4.53. The molecule has 0 bridgehead atoms. The Labute approximate surface area is 142 Å². The van der Waals surface area contributed by atoms with Gasteiger partial charge in [-0.15, -0.1) is 0 Å². The fraction of sp³-hybridized carbons (Fsp3) is 0.650. The molecule has 0 saturated carbocycles. The van der Waals surface area contributed by atoms with Crippen molar-refractivity contribution in [2.45, 2.75) is 60.3 Å². The summed E-state index contributed by atoms with van der Waals surface area (Å²) in [6.45, 7) is 14.6. The van der Waals surface area contributed by atoms with Crippen LogP contribution < -0.4 is 9.59 Å². The number of benzene rings is 1. The number of carboxylic acids is 1. The highest BCUT2D eigenvalue weighted by atomic mass is 16.4. The average Bonchev–Trinajstić information content (AvgIpc) is 2.55. The van der Waals surface area contributed by atoms with E-state index in [-0.39, 0.29) is 6.42 Å². The second-order valence-corrected chi connectivity index (χ2v) is 6.44. The van der Waals surface area contributed by atoms with E-state index in [4.69, 9.17) is 0 Å². The summed E-state index contributed by atoms with van der Waals surface area (Å²) < 4.78 is 1.10. The lowest BCUT2D eigenvalue weighted by atomic mass is 10.1. The van der Waals surface area contributed by atoms with Gasteiger partial charge in [0.25, 0.3) is 0 Å². The Morgan fingerprint density at radius 3 is 1.91 bits per heavy atom. The van der Waals surface area contributed by atoms with Gasteiger partial charge in [0.2, 0.25) is 0 Å². The van der Waals surface area contributed by atoms with Crippen LogP contribution in [0.15, 0.2) is 30.3 Å². The van der Waals surface area contributed by atoms with Crippen LogP contribution in [-0.4, -0.2) is 25.6 Å². The summed E-state index contributed by atoms with van der Waals surface area (Å²) >= 11 is 0. The molecular formula is C20H35NO2. The van der Waals surface area contributed by atoms with Gasteiger partial charge in [0.05, 0.1) is 19.6 Å². The van der Waals surface area contributed by atoms with Gasteiger partial charge in [0.1, 0.15) is 5.69 Å². The van der Waals surface area contributed by atoms with Gasteiger partial charge in [0, 0.05) is 5.97 Å². The number of rotatable bonds is 9. The van der Waals surface area contributed by atoms with Crippen LogP contribution in [-0.2, 0) is 4.79 Å². The van der Waals surface area contributed by atoms with E-state index in [9.17, 15) is 9.90 Å². The lowest BCUT2D eigenvalue weighted by Crippen LogP contribution is -2.48. The molecule has 23 heavy (non-hydrogen) atoms. The maximum Gasteiger partial charge on any atom is 0.132 e. The molecule has 0 atom stereocenters. The van der Waals surface area contributed by atoms with E-state index in [0.29, 0.717) is 5.92 Å². The largest absolute Gasteiger partial charge is 0.550 e. The SMILES string of the molecule is CC(C)CCCCC(=O)[O-].CC[N+](CC)(CC)c1ccccc1. The normalized spacial score (nSPS) is 11.0. The summed E-state index contributed by atoms with van der Waals surface area (Å²) in [7, 11) is 0. The van der Waals surface area contributed by atoms with Crippen LogP contribution in [0.1, 0.15) is 60.3 Å². The molecule has 3 heteroatoms. The number of hydrogen-bond acceptors (Lipinski definition) is 2. The second-order valence-electron chi connectivity index (χ2n) is 6.44. The van der Waals surface area contributed by atoms with E-state index < -0.39 is 5.97 Å². The van der Waals surface area contributed by atoms with E-state index in [1.165, 1.54) is 25.3 Å². The molecule has 0 spiro atoms. The molecule has 0 saturated heterocycles. The summed E-state index contributed by atoms with van der Waals surface area (Å²) in [5.41, 5.74) is 1.44. The van der Waals surface area contributed by atoms with E-state index in [1.807, 2.05) is 0 Å². The van der Waals surface area contributed by atoms with Crippen molar-refractivity contribution in [3.05, 3.63) is 30.3 Å². The van der Waals surface area contributed by atoms with Gasteiger partial charge >= 0.3 is 0 Å². The molecule has 0 fully saturated rings. The minimum atomic E-state index is -0.927. The van der Waals surface area contributed by atoms with Crippen molar-refractivity contribution in [3.63, 3.8) is 0 Å². The van der Waals surface area contributed by atoms with Gasteiger partial charge in [0.15, 0.2) is 0 Å². The highest BCUT2D eigenvalue weighted by molar-refractivity contribution is 5.64. The van der Waals surface area contributed by atoms with Gasteiger partial charge in [-0.3, -0.25) is 4.48 Å². The number of quaternary nitrogens is 1. The zero-order chi connectivity index (χ0) is 17.7. The Morgan fingerprint density at radius 2 is 1.52 bits per heavy atom. The Hall–Kier alpha value is -1.35. The average molecular weight is 322 g/mol. The molecule has 0 aliphatic heterocycles. The van der Waals surface area contributed by atoms with Gasteiger partial charge in [-0.25, -0.2) is 0 Å². The topological polar surface area (TPSA) is 40.1 Å². The number of nitrogens with zero attached hydrogens (tertiary/aromatic N) is 1. The molecule has 0 heterocycles. The number of unbranched alkanes of at least 4 members (excludes halogenated alkanes) is 1. The van der Waals surface area contributed by atoms with E-state index in [2.05, 4.69) is 65.0 Å². The summed E-state index contributed by atoms with van der Waals surface area (Å²) in [6.07, 6.45) is 3.10. The Bertz CT molecular complexity index is 403. The molecule has 1 aromatic rings. The predicted octanol–water partition coefficient (Wildman–Crippen LogP) is 4.01. The zero-order valence-electron chi connectivity index (χ0n) is 15.7. The van der Waals surface area contributed by atoms with Crippen LogP contribution in [0.25, 0.3) is 0 Å². The lowest BCUT2D eigenvalue weighted by molar-refractivity contribution is -0.305. The van der Waals surface area contributed by atoms with E-state index in [0.717, 1.165) is 23.7 Å². The molecule has 1 aromatic carbocycles. The van der Waals surface area contributed by atoms with Crippen molar-refractivity contribution in [2.24, 2.45) is 5.92 Å². The quantitative estimate of drug-likeness (QED) is 0.509. The minimum absolute atomic E-state index is 0.215. The molecule has 0 amide bonds. The fourth-order valence-electron chi connectivity index (χ4n) is 2.78. The molecular weight excluding hydrogens is 286 g/mol. The first-order valence-electron chi connectivity index (χ1n) is 9.03. The molecule has 0 unspecified atom stereocenters. The van der Waals surface area contributed by atoms with Gasteiger partial charge < -0.3 is 9.90 Å². The third-order valence-electron chi connectivity index (χ3n) is 4.53. The maximum absolute atomic E-state index is 9.93. The second kappa shape index (κ2) is 12.1. The molecule has 132 valence electrons. The molecule has 0 radical (unpaired) electrons. The third kappa shape index (κ3) is 8.75. The summed E-state index contributed by atoms with van der Waals surface area (Å²) in [5, 5.41) is 9.93. The van der Waals surface area contributed by atoms with Crippen LogP contribution in [0.2, 0.25) is 0 Å². The van der Waals surface area contributed by atoms with Crippen LogP contribution in [0, 0.1) is 5.92 Å². The number of aliphatic carboxylic acids is 1. The number of carboxylic acid groups (broad SMARTS) is 1. The van der Waals surface area contributed by atoms with Gasteiger partial charge in [-0.1, -0.05) is 44.9 Å². The molecule has 0 aliphatic carbocycles. The van der Waals surface area contributed by atoms with Crippen LogP contribution in [0.4, 0.5) is 5.69 Å². The Morgan fingerprint density at radius 1 is 1.00 bits per heavy atom. The standard InChI is InChI=1S/C12H20N.C8H16O2/c1-4-13(5-2,6-3)12-10-8-7-9-11-12;1-7(2)5-3-4-6-8(9)10/h7-11H,4-6H2,1-3H3;7H,3-6H2,1-2H3,(H,9,10)/q+1;/p-1. The number of carbonyl (C=O) groups excluding carboxylic acids is 1. The van der Waals surface area contributed by atoms with Crippen molar-refractivity contribution in [1.29, 1.82) is 0 Å². The molecule has 0 aliphatic rings. The summed E-state index contributed by atoms with van der Waals surface area (Å²) in [4.78, 5) is 9.93. The number of carbonyl (C=O) groups is 1. The smallest absolute Gasteiger partial charge is 0.132 e. The Kier molecular flexibility index (Phi) is 11.4. The van der Waals surface area contributed by atoms with Crippen LogP contribution >= 0.6 is 0 Å². The van der Waals surface area contributed by atoms with Gasteiger partial charge in [-0.2, -0.15) is 0 Å². The van der Waals surface area contributed by atoms with Crippen molar-refractivity contribution >= 4 is 11.7 Å². The van der Waals surface area contributed by atoms with Crippen molar-refractivity contribution in [2.75, 3.05) is 19.6 Å². The first-order chi connectivity index (χ1) is 10.9. The molecule has 1 rings (SSSR count). The first-order valence-corrected chi connectivity index (χ1v) is 9.03. The van der Waals surface area contributed by atoms with Crippen molar-refractivity contribution in [1.82, 2.24) is 4.48 Å². The molecule has 0 N–H and O–H groups in total. The maximum atomic E-state index is 9.93. The van der Waals surface area contributed by atoms with Crippen LogP contribution in [0.3, 0.4) is 0 Å². The highest BCUT2D eigenvalue weighted by Gasteiger charge is 2.23. The fourth-order valence-corrected chi connectivity index (χ4v) is 2.78. The monoisotopic (exact) mass is 321 g/mol. The Balaban J connectivity index is 0.000000438. The highest BCUT2D eigenvalue weighted by Crippen LogP contribution is 2.21. The molecule has 0 aromatic heterocycles. The summed E-state index contributed by atoms with van der Waals surface area (Å²) in [6, 6.07) is 10.8. The van der Waals surface area contributed by atoms with E-state index in [1.54, 1.807) is 0 Å². The molecule has 3 nitrogen and oxygen atoms in total. The summed E-state index contributed by atoms with van der Waals surface area (Å²) in [5.74, 6) is -0.245. The van der Waals surface area contributed by atoms with Crippen molar-refractivity contribution in [3.8, 4) is 0 Å². The first kappa shape index (κ1) is 21.6. The zero-order valence-corrected chi connectivity index (χ0v) is 15.7. The predicted molar refractivity (Wildman–Crippen MR) is 98.2 cm³/mol. The number of para-hydroxylation sites is 1. The van der Waals surface area contributed by atoms with Gasteiger partial charge in [-0.05, 0) is 51.7 Å². The lowest BCUT2D eigenvalue weighted by Gasteiger charge is -2.35. The minimum Gasteiger partial charge on any atom is -0.550 e. The van der Waals surface area contributed by atoms with Crippen LogP contribution in [0.5, 0.6) is 0 Å². The number of hydrogen-bond donors (Lipinski definition) is 0. The van der Waals surface area contributed by atoms with Crippen molar-refractivity contribution < 1.29 is 9.90 Å². The van der Waals surface area contributed by atoms with E-state index >= 15 is 0 Å².